The van der Waals surface area contributed by atoms with Gasteiger partial charge in [0.25, 0.3) is 0 Å². The van der Waals surface area contributed by atoms with Gasteiger partial charge in [0.2, 0.25) is 11.9 Å². The maximum absolute atomic E-state index is 13.1. The maximum Gasteiger partial charge on any atom is 0.471 e. The zero-order valence-corrected chi connectivity index (χ0v) is 14.0. The minimum absolute atomic E-state index is 0.0517. The average molecular weight is 421 g/mol. The van der Waals surface area contributed by atoms with E-state index in [0.717, 1.165) is 41.6 Å². The lowest BCUT2D eigenvalue weighted by Crippen LogP contribution is -2.37. The van der Waals surface area contributed by atoms with E-state index in [1.165, 1.54) is 0 Å². The quantitative estimate of drug-likeness (QED) is 0.461. The van der Waals surface area contributed by atoms with Crippen molar-refractivity contribution < 1.29 is 40.4 Å². The van der Waals surface area contributed by atoms with Crippen LogP contribution in [0.15, 0.2) is 41.4 Å². The molecule has 2 aromatic heterocycles. The van der Waals surface area contributed by atoms with E-state index in [4.69, 9.17) is 0 Å². The molecule has 3 aromatic rings. The number of esters is 1. The second-order valence-corrected chi connectivity index (χ2v) is 5.55. The van der Waals surface area contributed by atoms with E-state index >= 15 is 0 Å². The smallest absolute Gasteiger partial charge is 0.447 e. The molecule has 0 bridgehead atoms. The Morgan fingerprint density at radius 3 is 2.34 bits per heavy atom. The van der Waals surface area contributed by atoms with Gasteiger partial charge < -0.3 is 9.26 Å². The van der Waals surface area contributed by atoms with Gasteiger partial charge in [-0.05, 0) is 12.1 Å². The summed E-state index contributed by atoms with van der Waals surface area (Å²) in [6.45, 7) is -0.795. The predicted molar refractivity (Wildman–Crippen MR) is 80.0 cm³/mol. The number of rotatable bonds is 5. The second kappa shape index (κ2) is 7.52. The molecule has 0 aliphatic carbocycles. The van der Waals surface area contributed by atoms with Crippen LogP contribution >= 0.6 is 0 Å². The first-order chi connectivity index (χ1) is 13.5. The highest BCUT2D eigenvalue weighted by molar-refractivity contribution is 5.90. The number of alkyl halides is 6. The largest absolute Gasteiger partial charge is 0.471 e. The summed E-state index contributed by atoms with van der Waals surface area (Å²) in [5.74, 6) is -3.25. The van der Waals surface area contributed by atoms with Crippen LogP contribution in [-0.4, -0.2) is 43.2 Å². The molecule has 3 rings (SSSR count). The van der Waals surface area contributed by atoms with Crippen LogP contribution in [0, 0.1) is 0 Å². The van der Waals surface area contributed by atoms with Crippen molar-refractivity contribution in [3.8, 4) is 11.4 Å². The lowest BCUT2D eigenvalue weighted by atomic mass is 10.1. The fraction of sp³-hybridized carbons (Fsp3) is 0.267. The van der Waals surface area contributed by atoms with Gasteiger partial charge in [0.05, 0.1) is 12.1 Å². The zero-order valence-electron chi connectivity index (χ0n) is 14.0. The molecule has 0 fully saturated rings. The first kappa shape index (κ1) is 20.3. The number of ether oxygens (including phenoxy) is 1. The highest BCUT2D eigenvalue weighted by Gasteiger charge is 2.43. The minimum Gasteiger partial charge on any atom is -0.447 e. The van der Waals surface area contributed by atoms with Crippen molar-refractivity contribution in [2.75, 3.05) is 0 Å². The maximum atomic E-state index is 13.1. The molecule has 0 N–H and O–H groups in total. The molecule has 0 amide bonds. The number of carbonyl (C=O) groups is 1. The molecule has 0 saturated carbocycles. The Bertz CT molecular complexity index is 966. The summed E-state index contributed by atoms with van der Waals surface area (Å²) in [4.78, 5) is 18.7. The Morgan fingerprint density at radius 1 is 1.14 bits per heavy atom. The molecule has 0 saturated heterocycles. The molecular weight excluding hydrogens is 412 g/mol. The number of nitrogens with zero attached hydrogens (tertiary/aromatic N) is 5. The topological polar surface area (TPSA) is 95.9 Å². The molecule has 154 valence electrons. The van der Waals surface area contributed by atoms with Gasteiger partial charge in [0.15, 0.2) is 0 Å². The third-order valence-electron chi connectivity index (χ3n) is 3.48. The molecule has 29 heavy (non-hydrogen) atoms. The zero-order chi connectivity index (χ0) is 21.2. The van der Waals surface area contributed by atoms with Gasteiger partial charge in [-0.1, -0.05) is 17.3 Å². The summed E-state index contributed by atoms with van der Waals surface area (Å²) < 4.78 is 86.2. The first-order valence-corrected chi connectivity index (χ1v) is 7.65. The van der Waals surface area contributed by atoms with E-state index in [0.29, 0.717) is 0 Å². The SMILES string of the molecule is O=C(OC(Cn1cncn1)C(F)(F)F)c1ccc(-c2noc(C(F)(F)F)n2)cc1. The van der Waals surface area contributed by atoms with Crippen molar-refractivity contribution >= 4 is 5.97 Å². The number of aromatic nitrogens is 5. The van der Waals surface area contributed by atoms with E-state index in [9.17, 15) is 31.1 Å². The highest BCUT2D eigenvalue weighted by atomic mass is 19.4. The average Bonchev–Trinajstić information content (AvgIpc) is 3.32. The van der Waals surface area contributed by atoms with Crippen LogP contribution in [0.4, 0.5) is 26.3 Å². The number of hydrogen-bond acceptors (Lipinski definition) is 7. The Labute approximate surface area is 157 Å². The normalized spacial score (nSPS) is 13.3. The van der Waals surface area contributed by atoms with Crippen LogP contribution in [0.2, 0.25) is 0 Å². The molecule has 2 heterocycles. The van der Waals surface area contributed by atoms with Crippen LogP contribution < -0.4 is 0 Å². The predicted octanol–water partition coefficient (Wildman–Crippen LogP) is 3.13. The fourth-order valence-corrected chi connectivity index (χ4v) is 2.11. The molecule has 0 spiro atoms. The van der Waals surface area contributed by atoms with E-state index in [-0.39, 0.29) is 11.1 Å². The Kier molecular flexibility index (Phi) is 5.26. The molecule has 0 radical (unpaired) electrons. The molecule has 14 heteroatoms. The van der Waals surface area contributed by atoms with E-state index in [1.807, 2.05) is 0 Å². The second-order valence-electron chi connectivity index (χ2n) is 5.55. The van der Waals surface area contributed by atoms with Gasteiger partial charge in [-0.2, -0.15) is 36.4 Å². The van der Waals surface area contributed by atoms with E-state index in [1.54, 1.807) is 0 Å². The molecule has 1 atom stereocenters. The van der Waals surface area contributed by atoms with Gasteiger partial charge >= 0.3 is 24.2 Å². The summed E-state index contributed by atoms with van der Waals surface area (Å²) >= 11 is 0. The summed E-state index contributed by atoms with van der Waals surface area (Å²) in [5, 5.41) is 6.69. The first-order valence-electron chi connectivity index (χ1n) is 7.65. The summed E-state index contributed by atoms with van der Waals surface area (Å²) in [6, 6.07) is 4.40. The van der Waals surface area contributed by atoms with Gasteiger partial charge in [-0.3, -0.25) is 0 Å². The highest BCUT2D eigenvalue weighted by Crippen LogP contribution is 2.29. The lowest BCUT2D eigenvalue weighted by Gasteiger charge is -2.20. The Morgan fingerprint density at radius 2 is 1.83 bits per heavy atom. The van der Waals surface area contributed by atoms with Crippen LogP contribution in [-0.2, 0) is 17.5 Å². The Hall–Kier alpha value is -3.45. The third kappa shape index (κ3) is 4.89. The van der Waals surface area contributed by atoms with Crippen molar-refractivity contribution in [3.05, 3.63) is 48.4 Å². The molecule has 0 aliphatic rings. The number of halogens is 6. The van der Waals surface area contributed by atoms with E-state index in [2.05, 4.69) is 29.5 Å². The monoisotopic (exact) mass is 421 g/mol. The van der Waals surface area contributed by atoms with Crippen LogP contribution in [0.5, 0.6) is 0 Å². The van der Waals surface area contributed by atoms with Gasteiger partial charge in [-0.15, -0.1) is 0 Å². The molecule has 1 unspecified atom stereocenters. The van der Waals surface area contributed by atoms with Crippen LogP contribution in [0.1, 0.15) is 16.2 Å². The standard InChI is InChI=1S/C15H9F6N5O3/c16-14(17,18)10(5-26-7-22-6-23-26)28-12(27)9-3-1-8(2-4-9)11-24-13(29-25-11)15(19,20)21/h1-4,6-7,10H,5H2. The van der Waals surface area contributed by atoms with Crippen molar-refractivity contribution in [2.45, 2.75) is 25.0 Å². The van der Waals surface area contributed by atoms with Crippen molar-refractivity contribution in [3.63, 3.8) is 0 Å². The third-order valence-corrected chi connectivity index (χ3v) is 3.48. The van der Waals surface area contributed by atoms with Gasteiger partial charge in [-0.25, -0.2) is 14.5 Å². The van der Waals surface area contributed by atoms with Gasteiger partial charge in [0, 0.05) is 5.56 Å². The Balaban J connectivity index is 1.73. The summed E-state index contributed by atoms with van der Waals surface area (Å²) in [7, 11) is 0. The van der Waals surface area contributed by atoms with Crippen LogP contribution in [0.25, 0.3) is 11.4 Å². The van der Waals surface area contributed by atoms with E-state index < -0.39 is 42.7 Å². The molecule has 8 nitrogen and oxygen atoms in total. The fourth-order valence-electron chi connectivity index (χ4n) is 2.11. The van der Waals surface area contributed by atoms with Crippen molar-refractivity contribution in [1.82, 2.24) is 24.9 Å². The van der Waals surface area contributed by atoms with Crippen molar-refractivity contribution in [2.24, 2.45) is 0 Å². The number of benzene rings is 1. The minimum atomic E-state index is -4.86. The number of carbonyl (C=O) groups excluding carboxylic acids is 1. The summed E-state index contributed by atoms with van der Waals surface area (Å²) in [6.07, 6.45) is -10.1. The molecule has 1 aromatic carbocycles. The summed E-state index contributed by atoms with van der Waals surface area (Å²) in [5.41, 5.74) is -0.211. The molecule has 0 aliphatic heterocycles. The lowest BCUT2D eigenvalue weighted by molar-refractivity contribution is -0.208. The van der Waals surface area contributed by atoms with Crippen molar-refractivity contribution in [1.29, 1.82) is 0 Å². The van der Waals surface area contributed by atoms with Crippen LogP contribution in [0.3, 0.4) is 0 Å². The molecular formula is C15H9F6N5O3. The number of hydrogen-bond donors (Lipinski definition) is 0. The van der Waals surface area contributed by atoms with Gasteiger partial charge in [0.1, 0.15) is 12.7 Å².